The molecule has 0 saturated carbocycles. The Bertz CT molecular complexity index is 1020. The lowest BCUT2D eigenvalue weighted by Gasteiger charge is -2.05. The zero-order valence-corrected chi connectivity index (χ0v) is 17.2. The van der Waals surface area contributed by atoms with Gasteiger partial charge in [0, 0.05) is 23.6 Å². The first-order valence-electron chi connectivity index (χ1n) is 8.52. The van der Waals surface area contributed by atoms with Crippen molar-refractivity contribution in [1.29, 1.82) is 0 Å². The van der Waals surface area contributed by atoms with Gasteiger partial charge in [-0.25, -0.2) is 4.39 Å². The van der Waals surface area contributed by atoms with Crippen molar-refractivity contribution in [3.63, 3.8) is 0 Å². The van der Waals surface area contributed by atoms with Gasteiger partial charge in [-0.2, -0.15) is 0 Å². The molecule has 2 amide bonds. The van der Waals surface area contributed by atoms with Crippen LogP contribution in [-0.4, -0.2) is 28.6 Å². The molecule has 2 N–H and O–H groups in total. The zero-order chi connectivity index (χ0) is 20.8. The van der Waals surface area contributed by atoms with E-state index >= 15 is 0 Å². The lowest BCUT2D eigenvalue weighted by Crippen LogP contribution is -2.25. The van der Waals surface area contributed by atoms with Crippen LogP contribution < -0.4 is 10.6 Å². The Hall–Kier alpha value is -2.55. The highest BCUT2D eigenvalue weighted by atomic mass is 35.5. The Balaban J connectivity index is 1.50. The number of carbonyl (C=O) groups excluding carboxylic acids is 2. The van der Waals surface area contributed by atoms with Gasteiger partial charge in [0.05, 0.1) is 17.0 Å². The summed E-state index contributed by atoms with van der Waals surface area (Å²) in [6.07, 6.45) is 0.219. The van der Waals surface area contributed by atoms with Gasteiger partial charge in [0.2, 0.25) is 11.0 Å². The van der Waals surface area contributed by atoms with Crippen LogP contribution in [0.5, 0.6) is 0 Å². The van der Waals surface area contributed by atoms with Crippen molar-refractivity contribution in [1.82, 2.24) is 15.5 Å². The third-order valence-electron chi connectivity index (χ3n) is 3.86. The van der Waals surface area contributed by atoms with Crippen molar-refractivity contribution in [3.8, 4) is 0 Å². The minimum Gasteiger partial charge on any atom is -0.352 e. The fourth-order valence-electron chi connectivity index (χ4n) is 2.45. The monoisotopic (exact) mass is 452 g/mol. The van der Waals surface area contributed by atoms with Gasteiger partial charge in [0.15, 0.2) is 0 Å². The summed E-state index contributed by atoms with van der Waals surface area (Å²) in [6, 6.07) is 11.0. The minimum absolute atomic E-state index is 0.124. The lowest BCUT2D eigenvalue weighted by molar-refractivity contribution is -0.115. The van der Waals surface area contributed by atoms with E-state index in [0.29, 0.717) is 28.6 Å². The number of aromatic nitrogens is 2. The van der Waals surface area contributed by atoms with E-state index in [1.165, 1.54) is 29.5 Å². The Morgan fingerprint density at radius 2 is 1.79 bits per heavy atom. The molecule has 1 aromatic heterocycles. The lowest BCUT2D eigenvalue weighted by atomic mass is 10.1. The fraction of sp³-hybridized carbons (Fsp3) is 0.158. The van der Waals surface area contributed by atoms with Crippen LogP contribution in [0.25, 0.3) is 0 Å². The van der Waals surface area contributed by atoms with E-state index in [1.54, 1.807) is 24.3 Å². The van der Waals surface area contributed by atoms with E-state index in [0.717, 1.165) is 0 Å². The van der Waals surface area contributed by atoms with Crippen molar-refractivity contribution in [3.05, 3.63) is 74.5 Å². The third kappa shape index (κ3) is 5.72. The van der Waals surface area contributed by atoms with Gasteiger partial charge < -0.3 is 10.6 Å². The number of hydrogen-bond donors (Lipinski definition) is 2. The van der Waals surface area contributed by atoms with E-state index < -0.39 is 11.7 Å². The van der Waals surface area contributed by atoms with Gasteiger partial charge in [0.1, 0.15) is 10.8 Å². The highest BCUT2D eigenvalue weighted by Crippen LogP contribution is 2.21. The van der Waals surface area contributed by atoms with Gasteiger partial charge in [-0.15, -0.1) is 10.2 Å². The first-order valence-corrected chi connectivity index (χ1v) is 10.1. The number of carbonyl (C=O) groups is 2. The molecule has 0 bridgehead atoms. The molecule has 1 heterocycles. The minimum atomic E-state index is -0.542. The van der Waals surface area contributed by atoms with Gasteiger partial charge in [0.25, 0.3) is 5.91 Å². The van der Waals surface area contributed by atoms with Gasteiger partial charge in [-0.3, -0.25) is 9.59 Å². The number of nitrogens with zero attached hydrogens (tertiary/aromatic N) is 2. The molecule has 0 aliphatic carbocycles. The van der Waals surface area contributed by atoms with Gasteiger partial charge >= 0.3 is 0 Å². The van der Waals surface area contributed by atoms with Crippen LogP contribution in [0.4, 0.5) is 9.52 Å². The molecule has 0 spiro atoms. The molecule has 2 aromatic carbocycles. The summed E-state index contributed by atoms with van der Waals surface area (Å²) >= 11 is 13.1. The van der Waals surface area contributed by atoms with Crippen LogP contribution in [0.15, 0.2) is 42.5 Å². The van der Waals surface area contributed by atoms with Gasteiger partial charge in [-0.05, 0) is 24.3 Å². The van der Waals surface area contributed by atoms with E-state index in [4.69, 9.17) is 23.2 Å². The largest absolute Gasteiger partial charge is 0.352 e. The Kier molecular flexibility index (Phi) is 7.13. The van der Waals surface area contributed by atoms with Crippen molar-refractivity contribution >= 4 is 51.5 Å². The second-order valence-electron chi connectivity index (χ2n) is 5.91. The fourth-order valence-corrected chi connectivity index (χ4v) is 3.66. The summed E-state index contributed by atoms with van der Waals surface area (Å²) in [5.41, 5.74) is 0.518. The van der Waals surface area contributed by atoms with Crippen molar-refractivity contribution < 1.29 is 14.0 Å². The summed E-state index contributed by atoms with van der Waals surface area (Å²) < 4.78 is 13.8. The van der Waals surface area contributed by atoms with Crippen LogP contribution in [-0.2, 0) is 17.6 Å². The number of anilines is 1. The molecule has 0 aliphatic heterocycles. The number of rotatable bonds is 7. The third-order valence-corrected chi connectivity index (χ3v) is 5.44. The first kappa shape index (κ1) is 21.2. The number of halogens is 3. The molecule has 150 valence electrons. The van der Waals surface area contributed by atoms with Crippen molar-refractivity contribution in [2.45, 2.75) is 12.8 Å². The number of amides is 2. The van der Waals surface area contributed by atoms with E-state index in [1.807, 2.05) is 0 Å². The highest BCUT2D eigenvalue weighted by Gasteiger charge is 2.14. The average molecular weight is 453 g/mol. The Morgan fingerprint density at radius 1 is 1.03 bits per heavy atom. The molecule has 3 aromatic rings. The number of hydrogen-bond acceptors (Lipinski definition) is 5. The second kappa shape index (κ2) is 9.78. The van der Waals surface area contributed by atoms with Crippen LogP contribution in [0.2, 0.25) is 10.0 Å². The summed E-state index contributed by atoms with van der Waals surface area (Å²) in [6.45, 7) is 0.331. The van der Waals surface area contributed by atoms with Crippen LogP contribution in [0.3, 0.4) is 0 Å². The summed E-state index contributed by atoms with van der Waals surface area (Å²) in [7, 11) is 0. The molecule has 0 aliphatic rings. The summed E-state index contributed by atoms with van der Waals surface area (Å²) in [4.78, 5) is 24.2. The average Bonchev–Trinajstić information content (AvgIpc) is 3.12. The van der Waals surface area contributed by atoms with E-state index in [9.17, 15) is 14.0 Å². The number of benzene rings is 2. The predicted octanol–water partition coefficient (Wildman–Crippen LogP) is 4.14. The molecule has 10 heteroatoms. The maximum absolute atomic E-state index is 13.8. The van der Waals surface area contributed by atoms with Crippen molar-refractivity contribution in [2.75, 3.05) is 11.9 Å². The SMILES string of the molecule is O=C(Cc1c(F)cccc1Cl)Nc1nnc(CCNC(=O)c2ccccc2Cl)s1. The molecule has 0 saturated heterocycles. The zero-order valence-electron chi connectivity index (χ0n) is 14.9. The standard InChI is InChI=1S/C19H15Cl2FN4O2S/c20-13-5-2-1-4-11(13)18(28)23-9-8-17-25-26-19(29-17)24-16(27)10-12-14(21)6-3-7-15(12)22/h1-7H,8-10H2,(H,23,28)(H,24,26,27). The van der Waals surface area contributed by atoms with Gasteiger partial charge in [-0.1, -0.05) is 52.7 Å². The molecule has 3 rings (SSSR count). The van der Waals surface area contributed by atoms with Crippen LogP contribution >= 0.6 is 34.5 Å². The molecular formula is C19H15Cl2FN4O2S. The summed E-state index contributed by atoms with van der Waals surface area (Å²) in [5.74, 6) is -1.28. The quantitative estimate of drug-likeness (QED) is 0.564. The van der Waals surface area contributed by atoms with E-state index in [2.05, 4.69) is 20.8 Å². The molecule has 29 heavy (non-hydrogen) atoms. The number of nitrogens with one attached hydrogen (secondary N) is 2. The predicted molar refractivity (Wildman–Crippen MR) is 111 cm³/mol. The maximum atomic E-state index is 13.8. The first-order chi connectivity index (χ1) is 13.9. The molecule has 6 nitrogen and oxygen atoms in total. The van der Waals surface area contributed by atoms with Crippen LogP contribution in [0, 0.1) is 5.82 Å². The maximum Gasteiger partial charge on any atom is 0.252 e. The molecule has 0 radical (unpaired) electrons. The second-order valence-corrected chi connectivity index (χ2v) is 7.79. The summed E-state index contributed by atoms with van der Waals surface area (Å²) in [5, 5.41) is 14.7. The van der Waals surface area contributed by atoms with E-state index in [-0.39, 0.29) is 28.0 Å². The molecule has 0 fully saturated rings. The molecule has 0 atom stereocenters. The normalized spacial score (nSPS) is 10.6. The topological polar surface area (TPSA) is 84.0 Å². The highest BCUT2D eigenvalue weighted by molar-refractivity contribution is 7.15. The molecule has 0 unspecified atom stereocenters. The molecular weight excluding hydrogens is 438 g/mol. The smallest absolute Gasteiger partial charge is 0.252 e. The van der Waals surface area contributed by atoms with Crippen LogP contribution in [0.1, 0.15) is 20.9 Å². The van der Waals surface area contributed by atoms with Crippen molar-refractivity contribution in [2.24, 2.45) is 0 Å². The Labute approximate surface area is 180 Å². The Morgan fingerprint density at radius 3 is 2.55 bits per heavy atom.